The molecule has 2 unspecified atom stereocenters. The van der Waals surface area contributed by atoms with E-state index >= 15 is 0 Å². The number of aryl methyl sites for hydroxylation is 2. The highest BCUT2D eigenvalue weighted by Gasteiger charge is 2.49. The quantitative estimate of drug-likeness (QED) is 0.844. The molecule has 0 bridgehead atoms. The first-order chi connectivity index (χ1) is 13.8. The number of amides is 4. The molecule has 2 aromatic rings. The van der Waals surface area contributed by atoms with E-state index in [0.717, 1.165) is 16.0 Å². The number of rotatable bonds is 3. The summed E-state index contributed by atoms with van der Waals surface area (Å²) in [4.78, 5) is 41.5. The van der Waals surface area contributed by atoms with E-state index in [1.54, 1.807) is 36.3 Å². The van der Waals surface area contributed by atoms with Gasteiger partial charge in [0.05, 0.1) is 17.3 Å². The molecule has 0 aliphatic carbocycles. The van der Waals surface area contributed by atoms with Gasteiger partial charge in [0.25, 0.3) is 11.8 Å². The van der Waals surface area contributed by atoms with Crippen LogP contribution in [0.4, 0.5) is 16.2 Å². The van der Waals surface area contributed by atoms with Crippen molar-refractivity contribution in [2.24, 2.45) is 0 Å². The van der Waals surface area contributed by atoms with Crippen LogP contribution in [0.25, 0.3) is 0 Å². The molecule has 0 radical (unpaired) electrons. The third-order valence-corrected chi connectivity index (χ3v) is 5.22. The zero-order chi connectivity index (χ0) is 20.7. The average Bonchev–Trinajstić information content (AvgIpc) is 3.00. The maximum absolute atomic E-state index is 13.1. The Balaban J connectivity index is 1.57. The molecule has 7 heteroatoms. The summed E-state index contributed by atoms with van der Waals surface area (Å²) in [5.74, 6) is -0.702. The molecule has 2 aromatic carbocycles. The molecule has 0 aromatic heterocycles. The van der Waals surface area contributed by atoms with Crippen LogP contribution in [0.2, 0.25) is 0 Å². The monoisotopic (exact) mass is 390 g/mol. The molecule has 4 rings (SSSR count). The minimum absolute atomic E-state index is 0.341. The summed E-state index contributed by atoms with van der Waals surface area (Å²) in [5, 5.41) is 5.67. The Morgan fingerprint density at radius 2 is 1.76 bits per heavy atom. The minimum atomic E-state index is -0.702. The lowest BCUT2D eigenvalue weighted by Gasteiger charge is -2.37. The third-order valence-electron chi connectivity index (χ3n) is 5.22. The van der Waals surface area contributed by atoms with Gasteiger partial charge in [-0.25, -0.2) is 9.69 Å². The van der Waals surface area contributed by atoms with Crippen LogP contribution in [-0.2, 0) is 9.59 Å². The van der Waals surface area contributed by atoms with Gasteiger partial charge in [0.2, 0.25) is 0 Å². The Hall–Kier alpha value is -3.61. The first-order valence-electron chi connectivity index (χ1n) is 9.38. The predicted octanol–water partition coefficient (Wildman–Crippen LogP) is 2.56. The number of hydrogen-bond donors (Lipinski definition) is 2. The fourth-order valence-electron chi connectivity index (χ4n) is 3.75. The van der Waals surface area contributed by atoms with Crippen molar-refractivity contribution >= 4 is 29.2 Å². The highest BCUT2D eigenvalue weighted by Crippen LogP contribution is 2.30. The smallest absolute Gasteiger partial charge is 0.329 e. The molecule has 1 saturated heterocycles. The van der Waals surface area contributed by atoms with Crippen LogP contribution in [0.3, 0.4) is 0 Å². The van der Waals surface area contributed by atoms with Crippen LogP contribution in [0.1, 0.15) is 11.1 Å². The topological polar surface area (TPSA) is 81.8 Å². The molecule has 7 nitrogen and oxygen atoms in total. The van der Waals surface area contributed by atoms with Gasteiger partial charge < -0.3 is 15.5 Å². The summed E-state index contributed by atoms with van der Waals surface area (Å²) in [5.41, 5.74) is 3.57. The van der Waals surface area contributed by atoms with Gasteiger partial charge in [0.15, 0.2) is 0 Å². The number of nitrogens with one attached hydrogen (secondary N) is 2. The molecule has 2 aliphatic rings. The molecule has 148 valence electrons. The van der Waals surface area contributed by atoms with Crippen molar-refractivity contribution in [2.45, 2.75) is 25.9 Å². The normalized spacial score (nSPS) is 20.9. The first kappa shape index (κ1) is 18.7. The lowest BCUT2D eigenvalue weighted by atomic mass is 9.99. The summed E-state index contributed by atoms with van der Waals surface area (Å²) in [6.45, 7) is 3.87. The molecule has 2 heterocycles. The van der Waals surface area contributed by atoms with E-state index in [4.69, 9.17) is 0 Å². The number of benzene rings is 2. The Bertz CT molecular complexity index is 1030. The van der Waals surface area contributed by atoms with E-state index in [2.05, 4.69) is 10.6 Å². The molecule has 4 amide bonds. The average molecular weight is 390 g/mol. The summed E-state index contributed by atoms with van der Waals surface area (Å²) in [6, 6.07) is 12.7. The SMILES string of the molecule is Cc1ccc(N2C(=O)NC3C(C(=O)Nc4cccc(C)c4)=CN(C)C3C2=O)cc1. The second-order valence-electron chi connectivity index (χ2n) is 7.45. The van der Waals surface area contributed by atoms with Crippen molar-refractivity contribution in [3.8, 4) is 0 Å². The molecule has 2 aliphatic heterocycles. The highest BCUT2D eigenvalue weighted by atomic mass is 16.2. The number of nitrogens with zero attached hydrogens (tertiary/aromatic N) is 2. The van der Waals surface area contributed by atoms with E-state index in [9.17, 15) is 14.4 Å². The maximum atomic E-state index is 13.1. The zero-order valence-electron chi connectivity index (χ0n) is 16.5. The van der Waals surface area contributed by atoms with Crippen LogP contribution in [-0.4, -0.2) is 41.9 Å². The van der Waals surface area contributed by atoms with Crippen LogP contribution in [0, 0.1) is 13.8 Å². The largest absolute Gasteiger partial charge is 0.366 e. The van der Waals surface area contributed by atoms with Gasteiger partial charge in [-0.2, -0.15) is 0 Å². The first-order valence-corrected chi connectivity index (χ1v) is 9.38. The van der Waals surface area contributed by atoms with Crippen LogP contribution < -0.4 is 15.5 Å². The number of likely N-dealkylation sites (N-methyl/N-ethyl adjacent to an activating group) is 1. The Labute approximate surface area is 169 Å². The van der Waals surface area contributed by atoms with Crippen molar-refractivity contribution in [2.75, 3.05) is 17.3 Å². The third kappa shape index (κ3) is 3.35. The number of urea groups is 1. The number of hydrogen-bond acceptors (Lipinski definition) is 4. The van der Waals surface area contributed by atoms with Gasteiger partial charge in [0.1, 0.15) is 6.04 Å². The van der Waals surface area contributed by atoms with Crippen molar-refractivity contribution < 1.29 is 14.4 Å². The van der Waals surface area contributed by atoms with Crippen molar-refractivity contribution in [3.63, 3.8) is 0 Å². The summed E-state index contributed by atoms with van der Waals surface area (Å²) in [7, 11) is 1.73. The fourth-order valence-corrected chi connectivity index (χ4v) is 3.75. The van der Waals surface area contributed by atoms with Crippen molar-refractivity contribution in [1.29, 1.82) is 0 Å². The van der Waals surface area contributed by atoms with Gasteiger partial charge in [-0.1, -0.05) is 29.8 Å². The lowest BCUT2D eigenvalue weighted by Crippen LogP contribution is -2.65. The van der Waals surface area contributed by atoms with Crippen molar-refractivity contribution in [1.82, 2.24) is 10.2 Å². The van der Waals surface area contributed by atoms with E-state index < -0.39 is 18.1 Å². The predicted molar refractivity (Wildman–Crippen MR) is 110 cm³/mol. The van der Waals surface area contributed by atoms with E-state index in [1.807, 2.05) is 44.2 Å². The van der Waals surface area contributed by atoms with Crippen LogP contribution >= 0.6 is 0 Å². The number of carbonyl (C=O) groups is 3. The molecule has 0 spiro atoms. The molecule has 2 atom stereocenters. The van der Waals surface area contributed by atoms with Crippen LogP contribution in [0.5, 0.6) is 0 Å². The molecule has 0 saturated carbocycles. The lowest BCUT2D eigenvalue weighted by molar-refractivity contribution is -0.122. The molecular formula is C22H22N4O3. The fraction of sp³-hybridized carbons (Fsp3) is 0.227. The molecule has 1 fully saturated rings. The minimum Gasteiger partial charge on any atom is -0.366 e. The Morgan fingerprint density at radius 1 is 1.03 bits per heavy atom. The zero-order valence-corrected chi connectivity index (χ0v) is 16.5. The van der Waals surface area contributed by atoms with Gasteiger partial charge in [-0.15, -0.1) is 0 Å². The summed E-state index contributed by atoms with van der Waals surface area (Å²) < 4.78 is 0. The highest BCUT2D eigenvalue weighted by molar-refractivity contribution is 6.20. The van der Waals surface area contributed by atoms with Gasteiger partial charge in [-0.3, -0.25) is 9.59 Å². The maximum Gasteiger partial charge on any atom is 0.329 e. The summed E-state index contributed by atoms with van der Waals surface area (Å²) in [6.07, 6.45) is 1.62. The molecular weight excluding hydrogens is 368 g/mol. The van der Waals surface area contributed by atoms with Gasteiger partial charge >= 0.3 is 6.03 Å². The number of carbonyl (C=O) groups excluding carboxylic acids is 3. The van der Waals surface area contributed by atoms with Gasteiger partial charge in [-0.05, 0) is 43.7 Å². The van der Waals surface area contributed by atoms with Crippen molar-refractivity contribution in [3.05, 3.63) is 71.4 Å². The number of imide groups is 1. The summed E-state index contributed by atoms with van der Waals surface area (Å²) >= 11 is 0. The molecule has 29 heavy (non-hydrogen) atoms. The Kier molecular flexibility index (Phi) is 4.58. The standard InChI is InChI=1S/C22H22N4O3/c1-13-7-9-16(10-8-13)26-21(28)19-18(24-22(26)29)17(12-25(19)3)20(27)23-15-6-4-5-14(2)11-15/h4-12,18-19H,1-3H3,(H,23,27)(H,24,29). The van der Waals surface area contributed by atoms with Crippen LogP contribution in [0.15, 0.2) is 60.3 Å². The van der Waals surface area contributed by atoms with E-state index in [0.29, 0.717) is 16.9 Å². The molecule has 2 N–H and O–H groups in total. The van der Waals surface area contributed by atoms with Gasteiger partial charge in [0, 0.05) is 18.9 Å². The van der Waals surface area contributed by atoms with E-state index in [-0.39, 0.29) is 11.8 Å². The second kappa shape index (κ2) is 7.09. The number of fused-ring (bicyclic) bond motifs is 1. The number of anilines is 2. The van der Waals surface area contributed by atoms with E-state index in [1.165, 1.54) is 0 Å². The Morgan fingerprint density at radius 3 is 2.45 bits per heavy atom. The second-order valence-corrected chi connectivity index (χ2v) is 7.45.